The number of rotatable bonds is 8. The van der Waals surface area contributed by atoms with Crippen molar-refractivity contribution in [1.29, 1.82) is 0 Å². The van der Waals surface area contributed by atoms with Crippen LogP contribution in [0.15, 0.2) is 53.4 Å². The largest absolute Gasteiger partial charge is 0.495 e. The number of nitrogens with zero attached hydrogens (tertiary/aromatic N) is 2. The zero-order valence-corrected chi connectivity index (χ0v) is 20.6. The summed E-state index contributed by atoms with van der Waals surface area (Å²) >= 11 is 1.86. The molecule has 2 aliphatic rings. The smallest absolute Gasteiger partial charge is 0.264 e. The van der Waals surface area contributed by atoms with Gasteiger partial charge in [0, 0.05) is 37.6 Å². The van der Waals surface area contributed by atoms with E-state index in [1.165, 1.54) is 30.6 Å². The van der Waals surface area contributed by atoms with Gasteiger partial charge in [-0.1, -0.05) is 12.1 Å². The minimum absolute atomic E-state index is 0.0694. The van der Waals surface area contributed by atoms with Crippen LogP contribution in [0.4, 0.5) is 5.69 Å². The predicted molar refractivity (Wildman–Crippen MR) is 131 cm³/mol. The Morgan fingerprint density at radius 3 is 2.55 bits per heavy atom. The average molecular weight is 491 g/mol. The molecule has 2 unspecified atom stereocenters. The van der Waals surface area contributed by atoms with Gasteiger partial charge < -0.3 is 14.4 Å². The van der Waals surface area contributed by atoms with E-state index in [1.54, 1.807) is 36.4 Å². The lowest BCUT2D eigenvalue weighted by atomic mass is 10.1. The van der Waals surface area contributed by atoms with Crippen LogP contribution in [0.25, 0.3) is 0 Å². The van der Waals surface area contributed by atoms with E-state index in [0.717, 1.165) is 37.4 Å². The third kappa shape index (κ3) is 5.15. The van der Waals surface area contributed by atoms with Crippen LogP contribution in [0.2, 0.25) is 0 Å². The molecule has 0 aliphatic carbocycles. The predicted octanol–water partition coefficient (Wildman–Crippen LogP) is 3.65. The molecule has 2 atom stereocenters. The maximum atomic E-state index is 13.4. The van der Waals surface area contributed by atoms with Gasteiger partial charge in [0.1, 0.15) is 5.75 Å². The summed E-state index contributed by atoms with van der Waals surface area (Å²) in [5.74, 6) is 2.37. The Kier molecular flexibility index (Phi) is 7.51. The molecule has 2 aromatic rings. The fourth-order valence-corrected chi connectivity index (χ4v) is 6.72. The summed E-state index contributed by atoms with van der Waals surface area (Å²) in [6, 6.07) is 13.4. The summed E-state index contributed by atoms with van der Waals surface area (Å²) in [5, 5.41) is 0. The molecule has 1 amide bonds. The van der Waals surface area contributed by atoms with Crippen molar-refractivity contribution in [3.8, 4) is 5.75 Å². The second-order valence-corrected chi connectivity index (χ2v) is 11.4. The number of carbonyl (C=O) groups excluding carboxylic acids is 1. The molecule has 0 aromatic heterocycles. The van der Waals surface area contributed by atoms with Crippen molar-refractivity contribution < 1.29 is 22.7 Å². The van der Waals surface area contributed by atoms with Crippen LogP contribution < -0.4 is 9.04 Å². The highest BCUT2D eigenvalue weighted by atomic mass is 32.2. The van der Waals surface area contributed by atoms with Crippen LogP contribution in [-0.2, 0) is 14.8 Å². The molecule has 33 heavy (non-hydrogen) atoms. The second kappa shape index (κ2) is 10.4. The first-order chi connectivity index (χ1) is 15.9. The number of methoxy groups -OCH3 is 1. The van der Waals surface area contributed by atoms with E-state index in [2.05, 4.69) is 0 Å². The molecule has 2 heterocycles. The number of para-hydroxylation sites is 2. The fraction of sp³-hybridized carbons (Fsp3) is 0.458. The molecule has 2 aromatic carbocycles. The number of benzene rings is 2. The molecular weight excluding hydrogens is 460 g/mol. The number of hydrogen-bond acceptors (Lipinski definition) is 6. The molecule has 7 nitrogen and oxygen atoms in total. The first-order valence-electron chi connectivity index (χ1n) is 11.1. The van der Waals surface area contributed by atoms with Crippen molar-refractivity contribution in [2.24, 2.45) is 0 Å². The Hall–Kier alpha value is -2.23. The van der Waals surface area contributed by atoms with Gasteiger partial charge in [-0.25, -0.2) is 8.42 Å². The lowest BCUT2D eigenvalue weighted by molar-refractivity contribution is 0.0441. The SMILES string of the molecule is COc1ccccc1N(C)S(=O)(=O)c1ccc(C(=O)N(CC2CCCO2)C2CCSC2)cc1. The van der Waals surface area contributed by atoms with Crippen LogP contribution in [-0.4, -0.2) is 70.2 Å². The Morgan fingerprint density at radius 1 is 1.15 bits per heavy atom. The average Bonchev–Trinajstić information content (AvgIpc) is 3.56. The van der Waals surface area contributed by atoms with Crippen molar-refractivity contribution in [3.05, 3.63) is 54.1 Å². The number of amides is 1. The lowest BCUT2D eigenvalue weighted by Gasteiger charge is -2.31. The van der Waals surface area contributed by atoms with Crippen LogP contribution in [0.3, 0.4) is 0 Å². The third-order valence-corrected chi connectivity index (χ3v) is 9.15. The molecule has 0 N–H and O–H groups in total. The highest BCUT2D eigenvalue weighted by molar-refractivity contribution is 7.99. The number of sulfonamides is 1. The van der Waals surface area contributed by atoms with Crippen LogP contribution in [0.1, 0.15) is 29.6 Å². The number of thioether (sulfide) groups is 1. The van der Waals surface area contributed by atoms with Crippen molar-refractivity contribution in [3.63, 3.8) is 0 Å². The fourth-order valence-electron chi connectivity index (χ4n) is 4.29. The van der Waals surface area contributed by atoms with Crippen molar-refractivity contribution >= 4 is 33.4 Å². The van der Waals surface area contributed by atoms with E-state index < -0.39 is 10.0 Å². The summed E-state index contributed by atoms with van der Waals surface area (Å²) in [6.45, 7) is 1.33. The maximum absolute atomic E-state index is 13.4. The van der Waals surface area contributed by atoms with Gasteiger partial charge in [0.05, 0.1) is 23.8 Å². The molecule has 2 saturated heterocycles. The van der Waals surface area contributed by atoms with Gasteiger partial charge in [0.15, 0.2) is 0 Å². The van der Waals surface area contributed by atoms with Gasteiger partial charge in [0.25, 0.3) is 15.9 Å². The molecule has 178 valence electrons. The second-order valence-electron chi connectivity index (χ2n) is 8.28. The molecule has 0 bridgehead atoms. The number of carbonyl (C=O) groups is 1. The number of hydrogen-bond donors (Lipinski definition) is 0. The summed E-state index contributed by atoms with van der Waals surface area (Å²) in [6.07, 6.45) is 3.04. The van der Waals surface area contributed by atoms with E-state index in [1.807, 2.05) is 16.7 Å². The summed E-state index contributed by atoms with van der Waals surface area (Å²) < 4.78 is 38.7. The molecule has 4 rings (SSSR count). The summed E-state index contributed by atoms with van der Waals surface area (Å²) in [4.78, 5) is 15.5. The van der Waals surface area contributed by atoms with Gasteiger partial charge in [0.2, 0.25) is 0 Å². The van der Waals surface area contributed by atoms with Gasteiger partial charge >= 0.3 is 0 Å². The maximum Gasteiger partial charge on any atom is 0.264 e. The van der Waals surface area contributed by atoms with Crippen LogP contribution in [0.5, 0.6) is 5.75 Å². The van der Waals surface area contributed by atoms with E-state index in [4.69, 9.17) is 9.47 Å². The Labute approximate surface area is 200 Å². The molecule has 2 aliphatic heterocycles. The van der Waals surface area contributed by atoms with Crippen molar-refractivity contribution in [2.75, 3.05) is 43.1 Å². The van der Waals surface area contributed by atoms with Crippen molar-refractivity contribution in [1.82, 2.24) is 4.90 Å². The third-order valence-electron chi connectivity index (χ3n) is 6.22. The van der Waals surface area contributed by atoms with Crippen LogP contribution >= 0.6 is 11.8 Å². The van der Waals surface area contributed by atoms with E-state index in [0.29, 0.717) is 23.5 Å². The Morgan fingerprint density at radius 2 is 1.91 bits per heavy atom. The van der Waals surface area contributed by atoms with E-state index >= 15 is 0 Å². The highest BCUT2D eigenvalue weighted by Gasteiger charge is 2.31. The molecule has 2 fully saturated rings. The molecule has 0 spiro atoms. The molecule has 0 saturated carbocycles. The standard InChI is InChI=1S/C24H30N2O5S2/c1-25(22-7-3-4-8-23(22)30-2)33(28,29)21-11-9-18(10-12-21)24(27)26(19-13-15-32-17-19)16-20-6-5-14-31-20/h3-4,7-12,19-20H,5-6,13-17H2,1-2H3. The highest BCUT2D eigenvalue weighted by Crippen LogP contribution is 2.31. The zero-order valence-electron chi connectivity index (χ0n) is 19.0. The van der Waals surface area contributed by atoms with E-state index in [-0.39, 0.29) is 22.9 Å². The number of ether oxygens (including phenoxy) is 2. The summed E-state index contributed by atoms with van der Waals surface area (Å²) in [5.41, 5.74) is 0.936. The topological polar surface area (TPSA) is 76.2 Å². The monoisotopic (exact) mass is 490 g/mol. The quantitative estimate of drug-likeness (QED) is 0.562. The molecular formula is C24H30N2O5S2. The van der Waals surface area contributed by atoms with Gasteiger partial charge in [-0.3, -0.25) is 9.10 Å². The summed E-state index contributed by atoms with van der Waals surface area (Å²) in [7, 11) is -0.818. The first-order valence-corrected chi connectivity index (χ1v) is 13.7. The zero-order chi connectivity index (χ0) is 23.4. The van der Waals surface area contributed by atoms with Crippen LogP contribution in [0, 0.1) is 0 Å². The Bertz CT molecular complexity index is 1060. The minimum atomic E-state index is -3.82. The molecule has 9 heteroatoms. The van der Waals surface area contributed by atoms with Crippen molar-refractivity contribution in [2.45, 2.75) is 36.3 Å². The first kappa shape index (κ1) is 23.9. The minimum Gasteiger partial charge on any atom is -0.495 e. The Balaban J connectivity index is 1.55. The van der Waals surface area contributed by atoms with E-state index in [9.17, 15) is 13.2 Å². The normalized spacial score (nSPS) is 20.5. The van der Waals surface area contributed by atoms with Gasteiger partial charge in [-0.2, -0.15) is 11.8 Å². The van der Waals surface area contributed by atoms with Gasteiger partial charge in [-0.05, 0) is 61.4 Å². The lowest BCUT2D eigenvalue weighted by Crippen LogP contribution is -2.44. The number of anilines is 1. The molecule has 0 radical (unpaired) electrons. The van der Waals surface area contributed by atoms with Gasteiger partial charge in [-0.15, -0.1) is 0 Å².